The molecule has 0 spiro atoms. The Balaban J connectivity index is 3.53. The summed E-state index contributed by atoms with van der Waals surface area (Å²) in [5.41, 5.74) is 0. The number of ether oxygens (including phenoxy) is 1. The highest BCUT2D eigenvalue weighted by atomic mass is 16.5. The Hall–Kier alpha value is -1.58. The molecular formula is C7H9NO3. The SMILES string of the molecule is C=CNC(=O)COC(=O)C=C. The minimum atomic E-state index is -0.621. The Morgan fingerprint density at radius 1 is 1.45 bits per heavy atom. The zero-order valence-electron chi connectivity index (χ0n) is 6.00. The van der Waals surface area contributed by atoms with Gasteiger partial charge < -0.3 is 10.1 Å². The second-order valence-electron chi connectivity index (χ2n) is 1.58. The molecule has 4 nitrogen and oxygen atoms in total. The van der Waals surface area contributed by atoms with Gasteiger partial charge in [-0.15, -0.1) is 0 Å². The zero-order chi connectivity index (χ0) is 8.69. The highest BCUT2D eigenvalue weighted by Crippen LogP contribution is 1.78. The molecule has 0 aromatic rings. The van der Waals surface area contributed by atoms with Gasteiger partial charge in [0.05, 0.1) is 0 Å². The Kier molecular flexibility index (Phi) is 4.47. The van der Waals surface area contributed by atoms with Gasteiger partial charge in [0.15, 0.2) is 6.61 Å². The molecule has 0 aromatic carbocycles. The van der Waals surface area contributed by atoms with Gasteiger partial charge in [0, 0.05) is 6.08 Å². The molecule has 0 heterocycles. The minimum Gasteiger partial charge on any atom is -0.452 e. The van der Waals surface area contributed by atoms with Gasteiger partial charge in [-0.05, 0) is 6.20 Å². The fourth-order valence-corrected chi connectivity index (χ4v) is 0.351. The first-order valence-corrected chi connectivity index (χ1v) is 2.90. The molecule has 0 aromatic heterocycles. The summed E-state index contributed by atoms with van der Waals surface area (Å²) in [5.74, 6) is -1.04. The third-order valence-corrected chi connectivity index (χ3v) is 0.775. The van der Waals surface area contributed by atoms with Crippen molar-refractivity contribution in [2.24, 2.45) is 0 Å². The van der Waals surface area contributed by atoms with Crippen LogP contribution in [0.25, 0.3) is 0 Å². The predicted octanol–water partition coefficient (Wildman–Crippen LogP) is -0.0247. The van der Waals surface area contributed by atoms with E-state index in [1.165, 1.54) is 6.20 Å². The van der Waals surface area contributed by atoms with Crippen molar-refractivity contribution in [3.8, 4) is 0 Å². The van der Waals surface area contributed by atoms with Crippen molar-refractivity contribution in [1.82, 2.24) is 5.32 Å². The van der Waals surface area contributed by atoms with Crippen LogP contribution in [0.5, 0.6) is 0 Å². The first kappa shape index (κ1) is 9.42. The number of rotatable bonds is 4. The van der Waals surface area contributed by atoms with E-state index in [0.29, 0.717) is 0 Å². The molecule has 1 amide bonds. The molecule has 0 bridgehead atoms. The summed E-state index contributed by atoms with van der Waals surface area (Å²) in [5, 5.41) is 2.24. The van der Waals surface area contributed by atoms with Crippen LogP contribution in [0.3, 0.4) is 0 Å². The summed E-state index contributed by atoms with van der Waals surface area (Å²) in [6.07, 6.45) is 2.20. The average molecular weight is 155 g/mol. The molecule has 0 atom stereocenters. The van der Waals surface area contributed by atoms with Crippen molar-refractivity contribution in [3.05, 3.63) is 25.4 Å². The smallest absolute Gasteiger partial charge is 0.330 e. The molecule has 0 fully saturated rings. The van der Waals surface area contributed by atoms with Gasteiger partial charge in [-0.3, -0.25) is 4.79 Å². The Morgan fingerprint density at radius 2 is 2.09 bits per heavy atom. The van der Waals surface area contributed by atoms with E-state index in [2.05, 4.69) is 23.2 Å². The lowest BCUT2D eigenvalue weighted by atomic mass is 10.6. The molecule has 0 saturated heterocycles. The first-order valence-electron chi connectivity index (χ1n) is 2.90. The molecule has 1 N–H and O–H groups in total. The standard InChI is InChI=1S/C7H9NO3/c1-3-7(10)11-5-6(9)8-4-2/h3-4H,1-2,5H2,(H,8,9). The van der Waals surface area contributed by atoms with Crippen LogP contribution < -0.4 is 5.32 Å². The maximum Gasteiger partial charge on any atom is 0.330 e. The van der Waals surface area contributed by atoms with E-state index < -0.39 is 11.9 Å². The summed E-state index contributed by atoms with van der Waals surface area (Å²) < 4.78 is 4.39. The van der Waals surface area contributed by atoms with Crippen LogP contribution in [0.4, 0.5) is 0 Å². The van der Waals surface area contributed by atoms with Crippen LogP contribution in [0.1, 0.15) is 0 Å². The molecule has 0 radical (unpaired) electrons. The molecule has 0 saturated carbocycles. The van der Waals surface area contributed by atoms with E-state index in [1.54, 1.807) is 0 Å². The third-order valence-electron chi connectivity index (χ3n) is 0.775. The number of carbonyl (C=O) groups is 2. The van der Waals surface area contributed by atoms with E-state index >= 15 is 0 Å². The van der Waals surface area contributed by atoms with Gasteiger partial charge in [0.1, 0.15) is 0 Å². The van der Waals surface area contributed by atoms with Gasteiger partial charge in [-0.1, -0.05) is 13.2 Å². The monoisotopic (exact) mass is 155 g/mol. The Morgan fingerprint density at radius 3 is 2.55 bits per heavy atom. The molecule has 0 unspecified atom stereocenters. The highest BCUT2D eigenvalue weighted by Gasteiger charge is 2.00. The van der Waals surface area contributed by atoms with E-state index in [-0.39, 0.29) is 6.61 Å². The van der Waals surface area contributed by atoms with Crippen LogP contribution >= 0.6 is 0 Å². The highest BCUT2D eigenvalue weighted by molar-refractivity contribution is 5.85. The average Bonchev–Trinajstić information content (AvgIpc) is 2.01. The van der Waals surface area contributed by atoms with Crippen LogP contribution in [0, 0.1) is 0 Å². The zero-order valence-corrected chi connectivity index (χ0v) is 6.00. The van der Waals surface area contributed by atoms with E-state index in [1.807, 2.05) is 0 Å². The number of amides is 1. The molecule has 60 valence electrons. The second-order valence-corrected chi connectivity index (χ2v) is 1.58. The van der Waals surface area contributed by atoms with Crippen molar-refractivity contribution >= 4 is 11.9 Å². The molecule has 0 rings (SSSR count). The second kappa shape index (κ2) is 5.22. The van der Waals surface area contributed by atoms with E-state index in [0.717, 1.165) is 6.08 Å². The maximum atomic E-state index is 10.6. The summed E-state index contributed by atoms with van der Waals surface area (Å²) in [7, 11) is 0. The van der Waals surface area contributed by atoms with Crippen molar-refractivity contribution in [2.45, 2.75) is 0 Å². The minimum absolute atomic E-state index is 0.309. The summed E-state index contributed by atoms with van der Waals surface area (Å²) in [6.45, 7) is 6.10. The summed E-state index contributed by atoms with van der Waals surface area (Å²) >= 11 is 0. The predicted molar refractivity (Wildman–Crippen MR) is 39.5 cm³/mol. The normalized spacial score (nSPS) is 8.00. The van der Waals surface area contributed by atoms with Crippen molar-refractivity contribution in [3.63, 3.8) is 0 Å². The van der Waals surface area contributed by atoms with Crippen LogP contribution in [0.2, 0.25) is 0 Å². The van der Waals surface area contributed by atoms with Crippen LogP contribution in [-0.4, -0.2) is 18.5 Å². The number of esters is 1. The Labute approximate surface area is 64.5 Å². The number of nitrogens with one attached hydrogen (secondary N) is 1. The lowest BCUT2D eigenvalue weighted by Gasteiger charge is -1.99. The lowest BCUT2D eigenvalue weighted by Crippen LogP contribution is -2.23. The van der Waals surface area contributed by atoms with Crippen LogP contribution in [-0.2, 0) is 14.3 Å². The van der Waals surface area contributed by atoms with Gasteiger partial charge in [0.2, 0.25) is 0 Å². The number of carbonyl (C=O) groups excluding carboxylic acids is 2. The largest absolute Gasteiger partial charge is 0.452 e. The van der Waals surface area contributed by atoms with Gasteiger partial charge in [-0.25, -0.2) is 4.79 Å². The van der Waals surface area contributed by atoms with E-state index in [9.17, 15) is 9.59 Å². The molecule has 0 aliphatic carbocycles. The summed E-state index contributed by atoms with van der Waals surface area (Å²) in [4.78, 5) is 20.9. The maximum absolute atomic E-state index is 10.6. The fourth-order valence-electron chi connectivity index (χ4n) is 0.351. The molecule has 4 heteroatoms. The molecular weight excluding hydrogens is 146 g/mol. The quantitative estimate of drug-likeness (QED) is 0.458. The Bertz CT molecular complexity index is 186. The first-order chi connectivity index (χ1) is 5.20. The van der Waals surface area contributed by atoms with Gasteiger partial charge >= 0.3 is 5.97 Å². The van der Waals surface area contributed by atoms with Crippen LogP contribution in [0.15, 0.2) is 25.4 Å². The number of hydrogen-bond donors (Lipinski definition) is 1. The topological polar surface area (TPSA) is 55.4 Å². The molecule has 0 aliphatic heterocycles. The van der Waals surface area contributed by atoms with Crippen molar-refractivity contribution < 1.29 is 14.3 Å². The van der Waals surface area contributed by atoms with Gasteiger partial charge in [-0.2, -0.15) is 0 Å². The van der Waals surface area contributed by atoms with Crippen molar-refractivity contribution in [1.29, 1.82) is 0 Å². The number of hydrogen-bond acceptors (Lipinski definition) is 3. The van der Waals surface area contributed by atoms with Crippen molar-refractivity contribution in [2.75, 3.05) is 6.61 Å². The van der Waals surface area contributed by atoms with Gasteiger partial charge in [0.25, 0.3) is 5.91 Å². The third kappa shape index (κ3) is 4.90. The fraction of sp³-hybridized carbons (Fsp3) is 0.143. The molecule has 0 aliphatic rings. The van der Waals surface area contributed by atoms with E-state index in [4.69, 9.17) is 0 Å². The summed E-state index contributed by atoms with van der Waals surface area (Å²) in [6, 6.07) is 0. The lowest BCUT2D eigenvalue weighted by molar-refractivity contribution is -0.143. The molecule has 11 heavy (non-hydrogen) atoms.